The van der Waals surface area contributed by atoms with Gasteiger partial charge in [-0.1, -0.05) is 41.4 Å². The summed E-state index contributed by atoms with van der Waals surface area (Å²) >= 11 is 13.0. The molecular formula is C19H11Cl2N3O3S. The molecule has 0 unspecified atom stereocenters. The van der Waals surface area contributed by atoms with Crippen molar-refractivity contribution in [2.75, 3.05) is 4.90 Å². The van der Waals surface area contributed by atoms with Gasteiger partial charge < -0.3 is 5.32 Å². The number of thioether (sulfide) groups is 1. The molecule has 1 N–H and O–H groups in total. The summed E-state index contributed by atoms with van der Waals surface area (Å²) in [5.41, 5.74) is 1.61. The number of aliphatic imine (C=N–C) groups is 1. The molecule has 6 nitrogen and oxygen atoms in total. The van der Waals surface area contributed by atoms with Crippen molar-refractivity contribution in [3.63, 3.8) is 0 Å². The number of hydrogen-bond donors (Lipinski definition) is 1. The fraction of sp³-hybridized carbons (Fsp3) is 0.0526. The maximum absolute atomic E-state index is 12.9. The third kappa shape index (κ3) is 3.11. The molecule has 2 aliphatic rings. The van der Waals surface area contributed by atoms with Crippen molar-refractivity contribution in [1.29, 1.82) is 0 Å². The minimum Gasteiger partial charge on any atom is -0.300 e. The van der Waals surface area contributed by atoms with Gasteiger partial charge in [-0.3, -0.25) is 14.4 Å². The normalized spacial score (nSPS) is 20.0. The molecule has 9 heteroatoms. The van der Waals surface area contributed by atoms with Crippen molar-refractivity contribution >= 4 is 74.8 Å². The molecule has 0 bridgehead atoms. The molecule has 2 aliphatic heterocycles. The van der Waals surface area contributed by atoms with Crippen LogP contribution in [0, 0.1) is 0 Å². The molecule has 0 saturated carbocycles. The molecule has 0 aliphatic carbocycles. The molecule has 0 radical (unpaired) electrons. The largest absolute Gasteiger partial charge is 0.300 e. The van der Waals surface area contributed by atoms with Gasteiger partial charge in [0.25, 0.3) is 11.8 Å². The van der Waals surface area contributed by atoms with Crippen molar-refractivity contribution in [3.05, 3.63) is 63.0 Å². The average molecular weight is 432 g/mol. The van der Waals surface area contributed by atoms with E-state index in [0.29, 0.717) is 27.0 Å². The average Bonchev–Trinajstić information content (AvgIpc) is 3.13. The van der Waals surface area contributed by atoms with E-state index < -0.39 is 17.7 Å². The number of halogens is 2. The number of hydrogen-bond acceptors (Lipinski definition) is 5. The van der Waals surface area contributed by atoms with Crippen molar-refractivity contribution < 1.29 is 14.4 Å². The molecule has 1 fully saturated rings. The van der Waals surface area contributed by atoms with Crippen LogP contribution in [0.2, 0.25) is 10.0 Å². The van der Waals surface area contributed by atoms with Crippen LogP contribution in [0.25, 0.3) is 5.57 Å². The zero-order chi connectivity index (χ0) is 20.0. The van der Waals surface area contributed by atoms with E-state index in [2.05, 4.69) is 10.3 Å². The van der Waals surface area contributed by atoms with Crippen LogP contribution in [0.5, 0.6) is 0 Å². The predicted molar refractivity (Wildman–Crippen MR) is 111 cm³/mol. The number of benzene rings is 2. The quantitative estimate of drug-likeness (QED) is 0.687. The standard InChI is InChI=1S/C19H11Cl2N3O3S/c1-9(25)24-14-5-3-2-4-11(14)15(18(24)27)16-17(26)23-19(28-16)22-13-7-6-10(20)8-12(13)21/h2-8H,1H3,(H,22,23,26)/b16-15+. The minimum atomic E-state index is -0.530. The highest BCUT2D eigenvalue weighted by Crippen LogP contribution is 2.43. The number of carbonyl (C=O) groups is 3. The molecular weight excluding hydrogens is 421 g/mol. The van der Waals surface area contributed by atoms with Gasteiger partial charge in [0.05, 0.1) is 26.9 Å². The Morgan fingerprint density at radius 3 is 2.61 bits per heavy atom. The van der Waals surface area contributed by atoms with Gasteiger partial charge in [0.2, 0.25) is 5.91 Å². The Hall–Kier alpha value is -2.61. The zero-order valence-electron chi connectivity index (χ0n) is 14.3. The zero-order valence-corrected chi connectivity index (χ0v) is 16.7. The van der Waals surface area contributed by atoms with E-state index >= 15 is 0 Å². The number of anilines is 1. The lowest BCUT2D eigenvalue weighted by atomic mass is 10.1. The summed E-state index contributed by atoms with van der Waals surface area (Å²) in [4.78, 5) is 43.0. The Bertz CT molecular complexity index is 1130. The summed E-state index contributed by atoms with van der Waals surface area (Å²) in [5, 5.41) is 3.72. The van der Waals surface area contributed by atoms with Gasteiger partial charge >= 0.3 is 0 Å². The monoisotopic (exact) mass is 431 g/mol. The van der Waals surface area contributed by atoms with Crippen molar-refractivity contribution in [3.8, 4) is 0 Å². The first-order chi connectivity index (χ1) is 13.4. The number of para-hydroxylation sites is 1. The van der Waals surface area contributed by atoms with Crippen LogP contribution in [0.15, 0.2) is 52.4 Å². The summed E-state index contributed by atoms with van der Waals surface area (Å²) in [5.74, 6) is -1.41. The Morgan fingerprint density at radius 2 is 1.89 bits per heavy atom. The fourth-order valence-electron chi connectivity index (χ4n) is 2.97. The van der Waals surface area contributed by atoms with Gasteiger partial charge in [0.15, 0.2) is 5.17 Å². The fourth-order valence-corrected chi connectivity index (χ4v) is 4.34. The topological polar surface area (TPSA) is 78.8 Å². The van der Waals surface area contributed by atoms with Gasteiger partial charge in [0.1, 0.15) is 0 Å². The summed E-state index contributed by atoms with van der Waals surface area (Å²) in [7, 11) is 0. The third-order valence-electron chi connectivity index (χ3n) is 4.13. The highest BCUT2D eigenvalue weighted by atomic mass is 35.5. The maximum Gasteiger partial charge on any atom is 0.267 e. The van der Waals surface area contributed by atoms with Crippen LogP contribution in [-0.4, -0.2) is 22.9 Å². The molecule has 1 saturated heterocycles. The van der Waals surface area contributed by atoms with Crippen molar-refractivity contribution in [2.24, 2.45) is 4.99 Å². The lowest BCUT2D eigenvalue weighted by Gasteiger charge is -2.11. The molecule has 0 spiro atoms. The highest BCUT2D eigenvalue weighted by molar-refractivity contribution is 8.18. The highest BCUT2D eigenvalue weighted by Gasteiger charge is 2.40. The number of amidine groups is 1. The van der Waals surface area contributed by atoms with E-state index in [-0.39, 0.29) is 15.6 Å². The second-order valence-corrected chi connectivity index (χ2v) is 7.79. The number of imide groups is 1. The number of amides is 3. The molecule has 0 atom stereocenters. The smallest absolute Gasteiger partial charge is 0.267 e. The van der Waals surface area contributed by atoms with E-state index in [4.69, 9.17) is 23.2 Å². The van der Waals surface area contributed by atoms with Gasteiger partial charge in [-0.2, -0.15) is 0 Å². The van der Waals surface area contributed by atoms with Gasteiger partial charge in [-0.25, -0.2) is 9.89 Å². The minimum absolute atomic E-state index is 0.181. The van der Waals surface area contributed by atoms with Crippen LogP contribution in [-0.2, 0) is 14.4 Å². The van der Waals surface area contributed by atoms with Crippen LogP contribution in [0.4, 0.5) is 11.4 Å². The molecule has 0 aromatic heterocycles. The second kappa shape index (κ2) is 7.09. The Morgan fingerprint density at radius 1 is 1.14 bits per heavy atom. The summed E-state index contributed by atoms with van der Waals surface area (Å²) in [6.45, 7) is 1.31. The molecule has 3 amide bonds. The van der Waals surface area contributed by atoms with E-state index in [9.17, 15) is 14.4 Å². The third-order valence-corrected chi connectivity index (χ3v) is 5.65. The Labute approximate surface area is 174 Å². The van der Waals surface area contributed by atoms with Crippen LogP contribution in [0.3, 0.4) is 0 Å². The molecule has 140 valence electrons. The Kier molecular flexibility index (Phi) is 4.74. The van der Waals surface area contributed by atoms with E-state index in [1.54, 1.807) is 42.5 Å². The Balaban J connectivity index is 1.78. The van der Waals surface area contributed by atoms with Gasteiger partial charge in [-0.15, -0.1) is 0 Å². The molecule has 2 aromatic rings. The van der Waals surface area contributed by atoms with E-state index in [0.717, 1.165) is 16.7 Å². The van der Waals surface area contributed by atoms with Gasteiger partial charge in [-0.05, 0) is 36.0 Å². The molecule has 28 heavy (non-hydrogen) atoms. The van der Waals surface area contributed by atoms with Gasteiger partial charge in [0, 0.05) is 17.5 Å². The number of carbonyl (C=O) groups excluding carboxylic acids is 3. The lowest BCUT2D eigenvalue weighted by Crippen LogP contribution is -2.31. The lowest BCUT2D eigenvalue weighted by molar-refractivity contribution is -0.122. The summed E-state index contributed by atoms with van der Waals surface area (Å²) in [6.07, 6.45) is 0. The SMILES string of the molecule is CC(=O)N1C(=O)/C(=C2/SC(=Nc3ccc(Cl)cc3Cl)NC2=O)c2ccccc21. The molecule has 2 heterocycles. The molecule has 4 rings (SSSR count). The van der Waals surface area contributed by atoms with Crippen LogP contribution >= 0.6 is 35.0 Å². The van der Waals surface area contributed by atoms with Crippen LogP contribution < -0.4 is 10.2 Å². The van der Waals surface area contributed by atoms with Crippen LogP contribution in [0.1, 0.15) is 12.5 Å². The maximum atomic E-state index is 12.9. The number of rotatable bonds is 1. The number of nitrogens with zero attached hydrogens (tertiary/aromatic N) is 2. The predicted octanol–water partition coefficient (Wildman–Crippen LogP) is 4.15. The first-order valence-electron chi connectivity index (χ1n) is 8.08. The molecule has 2 aromatic carbocycles. The number of nitrogens with one attached hydrogen (secondary N) is 1. The van der Waals surface area contributed by atoms with Crippen molar-refractivity contribution in [2.45, 2.75) is 6.92 Å². The first kappa shape index (κ1) is 18.7. The van der Waals surface area contributed by atoms with E-state index in [1.165, 1.54) is 6.92 Å². The summed E-state index contributed by atoms with van der Waals surface area (Å²) < 4.78 is 0. The first-order valence-corrected chi connectivity index (χ1v) is 9.65. The van der Waals surface area contributed by atoms with E-state index in [1.807, 2.05) is 0 Å². The number of fused-ring (bicyclic) bond motifs is 1. The van der Waals surface area contributed by atoms with Crippen molar-refractivity contribution in [1.82, 2.24) is 5.32 Å². The summed E-state index contributed by atoms with van der Waals surface area (Å²) in [6, 6.07) is 11.7. The second-order valence-electron chi connectivity index (χ2n) is 5.95.